The Labute approximate surface area is 187 Å². The topological polar surface area (TPSA) is 30.5 Å². The number of nitrogens with one attached hydrogen (secondary N) is 2. The van der Waals surface area contributed by atoms with Crippen LogP contribution in [0, 0.1) is 17.3 Å². The van der Waals surface area contributed by atoms with Gasteiger partial charge in [-0.2, -0.15) is 0 Å². The average Bonchev–Trinajstić information content (AvgIpc) is 3.02. The third-order valence-corrected chi connectivity index (χ3v) is 8.40. The molecule has 3 atom stereocenters. The molecule has 3 rings (SSSR count). The number of hydrogen-bond donors (Lipinski definition) is 2. The predicted octanol–water partition coefficient (Wildman–Crippen LogP) is 4.35. The highest BCUT2D eigenvalue weighted by atomic mass is 15.2. The minimum atomic E-state index is 0.548. The summed E-state index contributed by atoms with van der Waals surface area (Å²) in [4.78, 5) is 5.59. The van der Waals surface area contributed by atoms with Crippen molar-refractivity contribution in [2.24, 2.45) is 17.3 Å². The van der Waals surface area contributed by atoms with Crippen LogP contribution in [0.25, 0.3) is 0 Å². The van der Waals surface area contributed by atoms with Gasteiger partial charge in [-0.25, -0.2) is 0 Å². The molecular formula is C26H52N4. The number of piperidine rings is 1. The monoisotopic (exact) mass is 420 g/mol. The van der Waals surface area contributed by atoms with Crippen molar-refractivity contribution < 1.29 is 0 Å². The maximum Gasteiger partial charge on any atom is 0.0200 e. The normalized spacial score (nSPS) is 36.8. The van der Waals surface area contributed by atoms with Crippen LogP contribution in [0.2, 0.25) is 0 Å². The van der Waals surface area contributed by atoms with E-state index < -0.39 is 0 Å². The fourth-order valence-electron chi connectivity index (χ4n) is 6.91. The van der Waals surface area contributed by atoms with Gasteiger partial charge in [0.1, 0.15) is 0 Å². The van der Waals surface area contributed by atoms with Gasteiger partial charge in [0.2, 0.25) is 0 Å². The van der Waals surface area contributed by atoms with E-state index >= 15 is 0 Å². The van der Waals surface area contributed by atoms with E-state index in [1.165, 1.54) is 58.3 Å². The van der Waals surface area contributed by atoms with Crippen molar-refractivity contribution in [1.29, 1.82) is 0 Å². The summed E-state index contributed by atoms with van der Waals surface area (Å²) in [5.41, 5.74) is 0.548. The summed E-state index contributed by atoms with van der Waals surface area (Å²) >= 11 is 0. The molecular weight excluding hydrogens is 368 g/mol. The molecule has 1 saturated carbocycles. The Morgan fingerprint density at radius 1 is 0.700 bits per heavy atom. The van der Waals surface area contributed by atoms with E-state index in [-0.39, 0.29) is 0 Å². The van der Waals surface area contributed by atoms with Crippen LogP contribution in [0.3, 0.4) is 0 Å². The van der Waals surface area contributed by atoms with Crippen molar-refractivity contribution in [3.8, 4) is 0 Å². The predicted molar refractivity (Wildman–Crippen MR) is 130 cm³/mol. The van der Waals surface area contributed by atoms with Crippen LogP contribution in [-0.4, -0.2) is 72.2 Å². The number of nitrogens with zero attached hydrogens (tertiary/aromatic N) is 2. The SMILES string of the molecule is CC(C)NC1CCC2(CC1)CN(C(C)C)CC2C1C[C@H](NC(C)C)CN(C(C)C)C1. The Kier molecular flexibility index (Phi) is 8.31. The van der Waals surface area contributed by atoms with Crippen LogP contribution in [0.5, 0.6) is 0 Å². The molecule has 2 heterocycles. The van der Waals surface area contributed by atoms with Crippen molar-refractivity contribution in [2.45, 2.75) is 124 Å². The largest absolute Gasteiger partial charge is 0.312 e. The fraction of sp³-hybridized carbons (Fsp3) is 1.00. The molecule has 0 bridgehead atoms. The lowest BCUT2D eigenvalue weighted by Gasteiger charge is -2.49. The van der Waals surface area contributed by atoms with Gasteiger partial charge in [-0.1, -0.05) is 27.7 Å². The summed E-state index contributed by atoms with van der Waals surface area (Å²) in [5.74, 6) is 1.69. The maximum atomic E-state index is 3.91. The molecule has 4 nitrogen and oxygen atoms in total. The molecule has 2 N–H and O–H groups in total. The van der Waals surface area contributed by atoms with Gasteiger partial charge in [-0.05, 0) is 77.0 Å². The van der Waals surface area contributed by atoms with E-state index in [1.807, 2.05) is 0 Å². The Morgan fingerprint density at radius 3 is 1.80 bits per heavy atom. The minimum absolute atomic E-state index is 0.548. The highest BCUT2D eigenvalue weighted by Gasteiger charge is 2.52. The summed E-state index contributed by atoms with van der Waals surface area (Å²) in [5, 5.41) is 7.74. The third-order valence-electron chi connectivity index (χ3n) is 8.40. The van der Waals surface area contributed by atoms with Crippen molar-refractivity contribution in [1.82, 2.24) is 20.4 Å². The molecule has 0 aromatic carbocycles. The van der Waals surface area contributed by atoms with E-state index in [2.05, 4.69) is 75.8 Å². The lowest BCUT2D eigenvalue weighted by Crippen LogP contribution is -2.56. The van der Waals surface area contributed by atoms with Gasteiger partial charge in [-0.15, -0.1) is 0 Å². The Bertz CT molecular complexity index is 521. The molecule has 4 heteroatoms. The summed E-state index contributed by atoms with van der Waals surface area (Å²) in [6, 6.07) is 3.89. The van der Waals surface area contributed by atoms with E-state index in [0.717, 1.165) is 17.9 Å². The number of hydrogen-bond acceptors (Lipinski definition) is 4. The number of rotatable bonds is 7. The van der Waals surface area contributed by atoms with Gasteiger partial charge in [-0.3, -0.25) is 4.90 Å². The average molecular weight is 421 g/mol. The van der Waals surface area contributed by atoms with Crippen LogP contribution in [0.1, 0.15) is 87.5 Å². The van der Waals surface area contributed by atoms with Crippen LogP contribution in [-0.2, 0) is 0 Å². The molecule has 0 aromatic heterocycles. The molecule has 3 fully saturated rings. The number of likely N-dealkylation sites (tertiary alicyclic amines) is 2. The Morgan fingerprint density at radius 2 is 1.27 bits per heavy atom. The van der Waals surface area contributed by atoms with Crippen LogP contribution >= 0.6 is 0 Å². The van der Waals surface area contributed by atoms with Gasteiger partial charge in [0.25, 0.3) is 0 Å². The zero-order valence-electron chi connectivity index (χ0n) is 21.4. The quantitative estimate of drug-likeness (QED) is 0.641. The molecule has 2 aliphatic heterocycles. The van der Waals surface area contributed by atoms with Gasteiger partial charge < -0.3 is 15.5 Å². The molecule has 2 saturated heterocycles. The van der Waals surface area contributed by atoms with Crippen molar-refractivity contribution in [3.63, 3.8) is 0 Å². The van der Waals surface area contributed by atoms with Crippen molar-refractivity contribution >= 4 is 0 Å². The lowest BCUT2D eigenvalue weighted by atomic mass is 9.61. The first-order valence-electron chi connectivity index (χ1n) is 13.1. The molecule has 176 valence electrons. The maximum absolute atomic E-state index is 3.91. The zero-order valence-corrected chi connectivity index (χ0v) is 21.4. The first-order valence-corrected chi connectivity index (χ1v) is 13.1. The van der Waals surface area contributed by atoms with Crippen LogP contribution in [0.15, 0.2) is 0 Å². The molecule has 0 aromatic rings. The highest BCUT2D eigenvalue weighted by molar-refractivity contribution is 5.05. The summed E-state index contributed by atoms with van der Waals surface area (Å²) < 4.78 is 0. The van der Waals surface area contributed by atoms with E-state index in [4.69, 9.17) is 0 Å². The molecule has 1 spiro atoms. The third kappa shape index (κ3) is 5.79. The van der Waals surface area contributed by atoms with Crippen LogP contribution < -0.4 is 10.6 Å². The van der Waals surface area contributed by atoms with E-state index in [1.54, 1.807) is 0 Å². The second kappa shape index (κ2) is 10.2. The van der Waals surface area contributed by atoms with Gasteiger partial charge in [0, 0.05) is 62.4 Å². The van der Waals surface area contributed by atoms with E-state index in [0.29, 0.717) is 35.6 Å². The summed E-state index contributed by atoms with van der Waals surface area (Å²) in [6.07, 6.45) is 6.95. The summed E-state index contributed by atoms with van der Waals surface area (Å²) in [7, 11) is 0. The minimum Gasteiger partial charge on any atom is -0.312 e. The van der Waals surface area contributed by atoms with Crippen molar-refractivity contribution in [3.05, 3.63) is 0 Å². The molecule has 2 unspecified atom stereocenters. The molecule has 3 aliphatic rings. The molecule has 30 heavy (non-hydrogen) atoms. The van der Waals surface area contributed by atoms with Crippen LogP contribution in [0.4, 0.5) is 0 Å². The standard InChI is InChI=1S/C26H52N4/c1-18(2)27-23-9-11-26(12-10-23)17-30(21(7)8)16-25(26)22-13-24(28-19(3)4)15-29(14-22)20(5)6/h18-25,27-28H,9-17H2,1-8H3/t22?,23?,24-,25?,26?/m0/s1. The van der Waals surface area contributed by atoms with Gasteiger partial charge >= 0.3 is 0 Å². The highest BCUT2D eigenvalue weighted by Crippen LogP contribution is 2.52. The zero-order chi connectivity index (χ0) is 22.1. The van der Waals surface area contributed by atoms with Crippen molar-refractivity contribution in [2.75, 3.05) is 26.2 Å². The summed E-state index contributed by atoms with van der Waals surface area (Å²) in [6.45, 7) is 24.0. The molecule has 0 radical (unpaired) electrons. The van der Waals surface area contributed by atoms with Gasteiger partial charge in [0.05, 0.1) is 0 Å². The second-order valence-electron chi connectivity index (χ2n) is 12.1. The first-order chi connectivity index (χ1) is 14.1. The molecule has 0 amide bonds. The smallest absolute Gasteiger partial charge is 0.0200 e. The van der Waals surface area contributed by atoms with E-state index in [9.17, 15) is 0 Å². The second-order valence-corrected chi connectivity index (χ2v) is 12.1. The molecule has 1 aliphatic carbocycles. The first kappa shape index (κ1) is 24.5. The lowest BCUT2D eigenvalue weighted by molar-refractivity contribution is 0.0248. The van der Waals surface area contributed by atoms with Gasteiger partial charge in [0.15, 0.2) is 0 Å². The fourth-order valence-corrected chi connectivity index (χ4v) is 6.91. The Hall–Kier alpha value is -0.160. The Balaban J connectivity index is 1.77.